The number of amides is 1. The smallest absolute Gasteiger partial charge is 0.289 e. The molecule has 0 aromatic carbocycles. The summed E-state index contributed by atoms with van der Waals surface area (Å²) in [6, 6.07) is 7.54. The van der Waals surface area contributed by atoms with Crippen LogP contribution >= 0.6 is 11.8 Å². The number of likely N-dealkylation sites (N-methyl/N-ethyl adjacent to an activating group) is 1. The Kier molecular flexibility index (Phi) is 5.72. The van der Waals surface area contributed by atoms with Crippen LogP contribution in [0.5, 0.6) is 0 Å². The van der Waals surface area contributed by atoms with E-state index in [1.165, 1.54) is 18.1 Å². The van der Waals surface area contributed by atoms with Gasteiger partial charge in [-0.1, -0.05) is 11.8 Å². The summed E-state index contributed by atoms with van der Waals surface area (Å²) in [5.41, 5.74) is 2.14. The lowest BCUT2D eigenvalue weighted by Crippen LogP contribution is -2.36. The van der Waals surface area contributed by atoms with Crippen LogP contribution in [-0.2, 0) is 12.2 Å². The van der Waals surface area contributed by atoms with Crippen molar-refractivity contribution in [1.82, 2.24) is 25.1 Å². The van der Waals surface area contributed by atoms with Gasteiger partial charge in [-0.3, -0.25) is 14.9 Å². The molecule has 0 spiro atoms. The van der Waals surface area contributed by atoms with E-state index in [4.69, 9.17) is 4.42 Å². The van der Waals surface area contributed by atoms with E-state index in [9.17, 15) is 4.79 Å². The van der Waals surface area contributed by atoms with Crippen molar-refractivity contribution in [2.24, 2.45) is 0 Å². The molecule has 0 saturated carbocycles. The molecule has 7 nitrogen and oxygen atoms in total. The Balaban J connectivity index is 1.59. The molecule has 0 aliphatic rings. The lowest BCUT2D eigenvalue weighted by Gasteiger charge is -2.23. The van der Waals surface area contributed by atoms with Crippen molar-refractivity contribution in [2.75, 3.05) is 7.05 Å². The number of aryl methyl sites for hydroxylation is 1. The number of furan rings is 1. The minimum absolute atomic E-state index is 0.00826. The van der Waals surface area contributed by atoms with E-state index in [2.05, 4.69) is 20.2 Å². The molecule has 1 N–H and O–H groups in total. The Morgan fingerprint density at radius 2 is 2.19 bits per heavy atom. The largest absolute Gasteiger partial charge is 0.455 e. The number of carbonyl (C=O) groups is 1. The first-order chi connectivity index (χ1) is 12.5. The Bertz CT molecular complexity index is 862. The molecule has 1 atom stereocenters. The molecule has 0 radical (unpaired) electrons. The van der Waals surface area contributed by atoms with Gasteiger partial charge in [-0.05, 0) is 43.7 Å². The molecule has 0 saturated heterocycles. The van der Waals surface area contributed by atoms with E-state index >= 15 is 0 Å². The molecule has 0 aliphatic carbocycles. The molecule has 0 unspecified atom stereocenters. The molecule has 0 aliphatic heterocycles. The highest BCUT2D eigenvalue weighted by atomic mass is 32.2. The molecule has 3 heterocycles. The predicted molar refractivity (Wildman–Crippen MR) is 98.9 cm³/mol. The Labute approximate surface area is 156 Å². The van der Waals surface area contributed by atoms with Crippen LogP contribution < -0.4 is 0 Å². The van der Waals surface area contributed by atoms with Gasteiger partial charge in [-0.15, -0.1) is 0 Å². The number of thioether (sulfide) groups is 1. The van der Waals surface area contributed by atoms with Crippen molar-refractivity contribution in [3.05, 3.63) is 59.6 Å². The van der Waals surface area contributed by atoms with Gasteiger partial charge in [0.05, 0.1) is 5.75 Å². The average Bonchev–Trinajstić information content (AvgIpc) is 3.30. The predicted octanol–water partition coefficient (Wildman–Crippen LogP) is 3.10. The third-order valence-electron chi connectivity index (χ3n) is 4.07. The van der Waals surface area contributed by atoms with Gasteiger partial charge in [0.1, 0.15) is 12.1 Å². The number of nitrogens with zero attached hydrogens (tertiary/aromatic N) is 4. The SMILES string of the molecule is Cc1ccnc(C[C@H](C)N(C)C(=O)c2ccc(CSc3ncn[nH]3)o2)c1. The van der Waals surface area contributed by atoms with Crippen LogP contribution in [0, 0.1) is 6.92 Å². The molecule has 1 amide bonds. The summed E-state index contributed by atoms with van der Waals surface area (Å²) in [5, 5.41) is 7.29. The fraction of sp³-hybridized carbons (Fsp3) is 0.333. The minimum Gasteiger partial charge on any atom is -0.455 e. The number of aromatic amines is 1. The van der Waals surface area contributed by atoms with Gasteiger partial charge in [0.2, 0.25) is 0 Å². The molecular formula is C18H21N5O2S. The summed E-state index contributed by atoms with van der Waals surface area (Å²) in [4.78, 5) is 22.8. The van der Waals surface area contributed by atoms with Gasteiger partial charge >= 0.3 is 0 Å². The van der Waals surface area contributed by atoms with E-state index < -0.39 is 0 Å². The van der Waals surface area contributed by atoms with E-state index in [-0.39, 0.29) is 11.9 Å². The van der Waals surface area contributed by atoms with Crippen LogP contribution in [0.3, 0.4) is 0 Å². The third-order valence-corrected chi connectivity index (χ3v) is 4.97. The lowest BCUT2D eigenvalue weighted by atomic mass is 10.1. The molecule has 0 fully saturated rings. The van der Waals surface area contributed by atoms with Crippen molar-refractivity contribution in [3.63, 3.8) is 0 Å². The molecule has 26 heavy (non-hydrogen) atoms. The first-order valence-corrected chi connectivity index (χ1v) is 9.27. The van der Waals surface area contributed by atoms with Crippen LogP contribution in [0.15, 0.2) is 46.4 Å². The van der Waals surface area contributed by atoms with Crippen molar-refractivity contribution >= 4 is 17.7 Å². The van der Waals surface area contributed by atoms with Crippen molar-refractivity contribution in [3.8, 4) is 0 Å². The summed E-state index contributed by atoms with van der Waals surface area (Å²) >= 11 is 1.47. The zero-order valence-corrected chi connectivity index (χ0v) is 15.8. The highest BCUT2D eigenvalue weighted by Gasteiger charge is 2.21. The second-order valence-electron chi connectivity index (χ2n) is 6.14. The van der Waals surface area contributed by atoms with Gasteiger partial charge in [-0.25, -0.2) is 4.98 Å². The van der Waals surface area contributed by atoms with Crippen LogP contribution in [0.25, 0.3) is 0 Å². The second kappa shape index (κ2) is 8.18. The van der Waals surface area contributed by atoms with Crippen LogP contribution in [0.2, 0.25) is 0 Å². The average molecular weight is 371 g/mol. The van der Waals surface area contributed by atoms with E-state index in [0.29, 0.717) is 23.1 Å². The fourth-order valence-electron chi connectivity index (χ4n) is 2.50. The Morgan fingerprint density at radius 3 is 2.92 bits per heavy atom. The maximum absolute atomic E-state index is 12.7. The van der Waals surface area contributed by atoms with E-state index in [1.807, 2.05) is 32.0 Å². The molecular weight excluding hydrogens is 350 g/mol. The monoisotopic (exact) mass is 371 g/mol. The van der Waals surface area contributed by atoms with Crippen LogP contribution in [0.1, 0.15) is 34.5 Å². The van der Waals surface area contributed by atoms with Crippen LogP contribution in [0.4, 0.5) is 0 Å². The molecule has 3 aromatic rings. The molecule has 136 valence electrons. The van der Waals surface area contributed by atoms with Gasteiger partial charge in [0.25, 0.3) is 5.91 Å². The summed E-state index contributed by atoms with van der Waals surface area (Å²) in [6.07, 6.45) is 3.95. The molecule has 0 bridgehead atoms. The molecule has 3 rings (SSSR count). The summed E-state index contributed by atoms with van der Waals surface area (Å²) < 4.78 is 5.69. The molecule has 3 aromatic heterocycles. The minimum atomic E-state index is -0.138. The number of aromatic nitrogens is 4. The second-order valence-corrected chi connectivity index (χ2v) is 7.10. The number of H-pyrrole nitrogens is 1. The quantitative estimate of drug-likeness (QED) is 0.642. The topological polar surface area (TPSA) is 87.9 Å². The first kappa shape index (κ1) is 18.2. The number of hydrogen-bond acceptors (Lipinski definition) is 6. The van der Waals surface area contributed by atoms with Gasteiger partial charge in [-0.2, -0.15) is 5.10 Å². The van der Waals surface area contributed by atoms with Crippen molar-refractivity contribution in [1.29, 1.82) is 0 Å². The van der Waals surface area contributed by atoms with E-state index in [1.54, 1.807) is 24.2 Å². The van der Waals surface area contributed by atoms with Gasteiger partial charge in [0, 0.05) is 31.4 Å². The summed E-state index contributed by atoms with van der Waals surface area (Å²) in [6.45, 7) is 4.04. The summed E-state index contributed by atoms with van der Waals surface area (Å²) in [7, 11) is 1.79. The van der Waals surface area contributed by atoms with Crippen LogP contribution in [-0.4, -0.2) is 44.1 Å². The standard InChI is InChI=1S/C18H21N5O2S/c1-12-6-7-19-14(8-12)9-13(2)23(3)17(24)16-5-4-15(25-16)10-26-18-20-11-21-22-18/h4-8,11,13H,9-10H2,1-3H3,(H,20,21,22)/t13-/m0/s1. The number of hydrogen-bond donors (Lipinski definition) is 1. The number of rotatable bonds is 7. The van der Waals surface area contributed by atoms with Crippen molar-refractivity contribution < 1.29 is 9.21 Å². The molecule has 8 heteroatoms. The lowest BCUT2D eigenvalue weighted by molar-refractivity contribution is 0.0709. The highest BCUT2D eigenvalue weighted by Crippen LogP contribution is 2.21. The fourth-order valence-corrected chi connectivity index (χ4v) is 3.17. The highest BCUT2D eigenvalue weighted by molar-refractivity contribution is 7.98. The van der Waals surface area contributed by atoms with E-state index in [0.717, 1.165) is 17.0 Å². The zero-order chi connectivity index (χ0) is 18.5. The number of carbonyl (C=O) groups excluding carboxylic acids is 1. The maximum Gasteiger partial charge on any atom is 0.289 e. The summed E-state index contributed by atoms with van der Waals surface area (Å²) in [5.74, 6) is 1.50. The zero-order valence-electron chi connectivity index (χ0n) is 15.0. The third kappa shape index (κ3) is 4.51. The van der Waals surface area contributed by atoms with Gasteiger partial charge in [0.15, 0.2) is 10.9 Å². The number of nitrogens with one attached hydrogen (secondary N) is 1. The Morgan fingerprint density at radius 1 is 1.35 bits per heavy atom. The normalized spacial score (nSPS) is 12.1. The van der Waals surface area contributed by atoms with Gasteiger partial charge < -0.3 is 9.32 Å². The number of pyridine rings is 1. The Hall–Kier alpha value is -2.61. The van der Waals surface area contributed by atoms with Crippen molar-refractivity contribution in [2.45, 2.75) is 37.2 Å². The first-order valence-electron chi connectivity index (χ1n) is 8.28. The maximum atomic E-state index is 12.7.